The van der Waals surface area contributed by atoms with Crippen LogP contribution in [-0.4, -0.2) is 18.3 Å². The predicted octanol–water partition coefficient (Wildman–Crippen LogP) is 0.357. The summed E-state index contributed by atoms with van der Waals surface area (Å²) in [5.74, 6) is 0.333. The molecule has 60 valence electrons. The third-order valence-corrected chi connectivity index (χ3v) is 0.874. The van der Waals surface area contributed by atoms with Crippen LogP contribution in [0.1, 0.15) is 0 Å². The Kier molecular flexibility index (Phi) is 2.45. The SMILES string of the molecule is CONC(=O)Nc1ccon1. The van der Waals surface area contributed by atoms with Crippen molar-refractivity contribution in [1.29, 1.82) is 0 Å². The zero-order valence-electron chi connectivity index (χ0n) is 5.83. The van der Waals surface area contributed by atoms with Gasteiger partial charge >= 0.3 is 6.03 Å². The molecule has 1 aromatic heterocycles. The molecule has 0 aliphatic heterocycles. The number of carbonyl (C=O) groups excluding carboxylic acids is 1. The highest BCUT2D eigenvalue weighted by Gasteiger charge is 2.00. The molecule has 6 heteroatoms. The van der Waals surface area contributed by atoms with Gasteiger partial charge in [0, 0.05) is 6.07 Å². The fourth-order valence-electron chi connectivity index (χ4n) is 0.512. The van der Waals surface area contributed by atoms with E-state index in [9.17, 15) is 4.79 Å². The van der Waals surface area contributed by atoms with E-state index in [0.717, 1.165) is 0 Å². The Balaban J connectivity index is 2.37. The third kappa shape index (κ3) is 2.26. The van der Waals surface area contributed by atoms with Gasteiger partial charge in [0.2, 0.25) is 0 Å². The summed E-state index contributed by atoms with van der Waals surface area (Å²) in [6, 6.07) is 1.01. The number of hydrogen-bond donors (Lipinski definition) is 2. The summed E-state index contributed by atoms with van der Waals surface area (Å²) in [4.78, 5) is 15.0. The zero-order chi connectivity index (χ0) is 8.10. The first-order valence-corrected chi connectivity index (χ1v) is 2.83. The van der Waals surface area contributed by atoms with Crippen molar-refractivity contribution in [1.82, 2.24) is 10.6 Å². The molecular weight excluding hydrogens is 150 g/mol. The monoisotopic (exact) mass is 157 g/mol. The lowest BCUT2D eigenvalue weighted by Crippen LogP contribution is -2.27. The van der Waals surface area contributed by atoms with E-state index in [1.54, 1.807) is 0 Å². The lowest BCUT2D eigenvalue weighted by Gasteiger charge is -1.99. The van der Waals surface area contributed by atoms with Crippen LogP contribution in [-0.2, 0) is 4.84 Å². The molecule has 0 radical (unpaired) electrons. The van der Waals surface area contributed by atoms with E-state index in [-0.39, 0.29) is 0 Å². The molecule has 0 aromatic carbocycles. The Morgan fingerprint density at radius 1 is 1.82 bits per heavy atom. The summed E-state index contributed by atoms with van der Waals surface area (Å²) in [7, 11) is 1.34. The zero-order valence-corrected chi connectivity index (χ0v) is 5.83. The van der Waals surface area contributed by atoms with E-state index in [1.807, 2.05) is 0 Å². The maximum atomic E-state index is 10.7. The van der Waals surface area contributed by atoms with Crippen LogP contribution in [0.4, 0.5) is 10.6 Å². The number of urea groups is 1. The van der Waals surface area contributed by atoms with Crippen LogP contribution in [0, 0.1) is 0 Å². The molecule has 0 aliphatic rings. The Morgan fingerprint density at radius 2 is 2.64 bits per heavy atom. The van der Waals surface area contributed by atoms with Crippen molar-refractivity contribution in [2.45, 2.75) is 0 Å². The van der Waals surface area contributed by atoms with Gasteiger partial charge in [0.1, 0.15) is 6.26 Å². The molecule has 0 bridgehead atoms. The minimum absolute atomic E-state index is 0.333. The molecule has 6 nitrogen and oxygen atoms in total. The molecule has 0 spiro atoms. The summed E-state index contributed by atoms with van der Waals surface area (Å²) in [5.41, 5.74) is 2.05. The van der Waals surface area contributed by atoms with Gasteiger partial charge in [-0.15, -0.1) is 0 Å². The minimum atomic E-state index is -0.499. The topological polar surface area (TPSA) is 76.4 Å². The van der Waals surface area contributed by atoms with Gasteiger partial charge in [-0.1, -0.05) is 5.16 Å². The van der Waals surface area contributed by atoms with Crippen LogP contribution in [0.5, 0.6) is 0 Å². The van der Waals surface area contributed by atoms with Crippen LogP contribution >= 0.6 is 0 Å². The molecule has 0 unspecified atom stereocenters. The Morgan fingerprint density at radius 3 is 3.18 bits per heavy atom. The standard InChI is InChI=1S/C5H7N3O3/c1-10-8-5(9)6-4-2-3-11-7-4/h2-3H,1H3,(H2,6,7,8,9). The van der Waals surface area contributed by atoms with Crippen molar-refractivity contribution in [2.75, 3.05) is 12.4 Å². The average molecular weight is 157 g/mol. The number of nitrogens with one attached hydrogen (secondary N) is 2. The molecular formula is C5H7N3O3. The second-order valence-corrected chi connectivity index (χ2v) is 1.64. The smallest absolute Gasteiger partial charge is 0.344 e. The Hall–Kier alpha value is -1.56. The van der Waals surface area contributed by atoms with Crippen molar-refractivity contribution >= 4 is 11.8 Å². The molecule has 1 heterocycles. The van der Waals surface area contributed by atoms with E-state index in [0.29, 0.717) is 5.82 Å². The van der Waals surface area contributed by atoms with Crippen LogP contribution in [0.2, 0.25) is 0 Å². The Bertz CT molecular complexity index is 221. The van der Waals surface area contributed by atoms with Gasteiger partial charge in [-0.25, -0.2) is 10.3 Å². The van der Waals surface area contributed by atoms with Crippen molar-refractivity contribution < 1.29 is 14.2 Å². The molecule has 0 atom stereocenters. The van der Waals surface area contributed by atoms with Gasteiger partial charge in [-0.3, -0.25) is 10.2 Å². The van der Waals surface area contributed by atoms with Gasteiger partial charge < -0.3 is 4.52 Å². The van der Waals surface area contributed by atoms with Crippen molar-refractivity contribution in [3.05, 3.63) is 12.3 Å². The molecule has 0 fully saturated rings. The van der Waals surface area contributed by atoms with E-state index >= 15 is 0 Å². The number of aromatic nitrogens is 1. The normalized spacial score (nSPS) is 9.18. The number of anilines is 1. The van der Waals surface area contributed by atoms with E-state index in [4.69, 9.17) is 0 Å². The number of rotatable bonds is 2. The number of carbonyl (C=O) groups is 1. The van der Waals surface area contributed by atoms with Crippen LogP contribution in [0.15, 0.2) is 16.9 Å². The summed E-state index contributed by atoms with van der Waals surface area (Å²) in [6.45, 7) is 0. The second kappa shape index (κ2) is 3.57. The summed E-state index contributed by atoms with van der Waals surface area (Å²) in [6.07, 6.45) is 1.35. The van der Waals surface area contributed by atoms with Crippen LogP contribution in [0.25, 0.3) is 0 Å². The average Bonchev–Trinajstić information content (AvgIpc) is 2.40. The van der Waals surface area contributed by atoms with Crippen molar-refractivity contribution in [3.63, 3.8) is 0 Å². The third-order valence-electron chi connectivity index (χ3n) is 0.874. The highest BCUT2D eigenvalue weighted by molar-refractivity contribution is 5.87. The van der Waals surface area contributed by atoms with E-state index < -0.39 is 6.03 Å². The highest BCUT2D eigenvalue weighted by Crippen LogP contribution is 1.99. The van der Waals surface area contributed by atoms with Crippen molar-refractivity contribution in [2.24, 2.45) is 0 Å². The summed E-state index contributed by atoms with van der Waals surface area (Å²) >= 11 is 0. The summed E-state index contributed by atoms with van der Waals surface area (Å²) < 4.78 is 4.46. The lowest BCUT2D eigenvalue weighted by molar-refractivity contribution is 0.114. The van der Waals surface area contributed by atoms with Crippen LogP contribution < -0.4 is 10.8 Å². The molecule has 2 amide bonds. The lowest BCUT2D eigenvalue weighted by atomic mass is 10.6. The molecule has 1 rings (SSSR count). The number of hydroxylamine groups is 1. The van der Waals surface area contributed by atoms with Crippen LogP contribution in [0.3, 0.4) is 0 Å². The summed E-state index contributed by atoms with van der Waals surface area (Å²) in [5, 5.41) is 5.78. The van der Waals surface area contributed by atoms with E-state index in [1.165, 1.54) is 19.4 Å². The second-order valence-electron chi connectivity index (χ2n) is 1.64. The van der Waals surface area contributed by atoms with E-state index in [2.05, 4.69) is 25.3 Å². The first kappa shape index (κ1) is 7.55. The first-order chi connectivity index (χ1) is 5.33. The molecule has 1 aromatic rings. The largest absolute Gasteiger partial charge is 0.363 e. The fourth-order valence-corrected chi connectivity index (χ4v) is 0.512. The Labute approximate surface area is 62.5 Å². The highest BCUT2D eigenvalue weighted by atomic mass is 16.6. The predicted molar refractivity (Wildman–Crippen MR) is 35.7 cm³/mol. The maximum absolute atomic E-state index is 10.7. The van der Waals surface area contributed by atoms with Gasteiger partial charge in [0.05, 0.1) is 7.11 Å². The van der Waals surface area contributed by atoms with Gasteiger partial charge in [0.25, 0.3) is 0 Å². The quantitative estimate of drug-likeness (QED) is 0.607. The number of nitrogens with zero attached hydrogens (tertiary/aromatic N) is 1. The minimum Gasteiger partial charge on any atom is -0.363 e. The molecule has 0 saturated carbocycles. The van der Waals surface area contributed by atoms with Crippen molar-refractivity contribution in [3.8, 4) is 0 Å². The fraction of sp³-hybridized carbons (Fsp3) is 0.200. The number of amides is 2. The molecule has 11 heavy (non-hydrogen) atoms. The number of hydrogen-bond acceptors (Lipinski definition) is 4. The van der Waals surface area contributed by atoms with Gasteiger partial charge in [-0.05, 0) is 0 Å². The van der Waals surface area contributed by atoms with Gasteiger partial charge in [0.15, 0.2) is 5.82 Å². The first-order valence-electron chi connectivity index (χ1n) is 2.83. The van der Waals surface area contributed by atoms with Gasteiger partial charge in [-0.2, -0.15) is 0 Å². The maximum Gasteiger partial charge on any atom is 0.344 e. The molecule has 0 saturated heterocycles. The molecule has 2 N–H and O–H groups in total. The molecule has 0 aliphatic carbocycles.